The number of rotatable bonds is 4. The van der Waals surface area contributed by atoms with Crippen LogP contribution in [-0.4, -0.2) is 5.84 Å². The van der Waals surface area contributed by atoms with Crippen molar-refractivity contribution in [3.63, 3.8) is 0 Å². The van der Waals surface area contributed by atoms with Gasteiger partial charge in [0, 0.05) is 5.56 Å². The van der Waals surface area contributed by atoms with Crippen LogP contribution in [0.25, 0.3) is 0 Å². The van der Waals surface area contributed by atoms with E-state index in [0.29, 0.717) is 17.9 Å². The molecule has 0 fully saturated rings. The number of benzene rings is 2. The highest BCUT2D eigenvalue weighted by molar-refractivity contribution is 5.95. The smallest absolute Gasteiger partial charge is 0.123 e. The van der Waals surface area contributed by atoms with E-state index < -0.39 is 0 Å². The Balaban J connectivity index is 2.07. The number of aryl methyl sites for hydroxylation is 1. The van der Waals surface area contributed by atoms with Gasteiger partial charge in [-0.1, -0.05) is 12.1 Å². The molecule has 0 radical (unpaired) electrons. The summed E-state index contributed by atoms with van der Waals surface area (Å²) in [5.41, 5.74) is 8.14. The van der Waals surface area contributed by atoms with E-state index >= 15 is 0 Å². The lowest BCUT2D eigenvalue weighted by Gasteiger charge is -2.10. The fourth-order valence-corrected chi connectivity index (χ4v) is 1.72. The summed E-state index contributed by atoms with van der Waals surface area (Å²) in [6.45, 7) is 2.34. The molecule has 19 heavy (non-hydrogen) atoms. The Labute approximate surface area is 111 Å². The Morgan fingerprint density at radius 3 is 2.47 bits per heavy atom. The van der Waals surface area contributed by atoms with Crippen molar-refractivity contribution >= 4 is 5.84 Å². The van der Waals surface area contributed by atoms with Gasteiger partial charge in [0.15, 0.2) is 0 Å². The Morgan fingerprint density at radius 1 is 1.21 bits per heavy atom. The molecular weight excluding hydrogens is 243 g/mol. The molecule has 0 saturated heterocycles. The number of amidine groups is 1. The normalized spacial score (nSPS) is 10.2. The van der Waals surface area contributed by atoms with Gasteiger partial charge in [-0.15, -0.1) is 0 Å². The standard InChI is InChI=1S/C15H15FN2O/c1-10-8-11(15(17)18)2-3-12(10)9-19-14-6-4-13(16)5-7-14/h2-8H,9H2,1H3,(H3,17,18). The maximum atomic E-state index is 12.7. The molecule has 0 saturated carbocycles. The van der Waals surface area contributed by atoms with E-state index in [1.807, 2.05) is 19.1 Å². The van der Waals surface area contributed by atoms with Gasteiger partial charge >= 0.3 is 0 Å². The molecule has 2 rings (SSSR count). The quantitative estimate of drug-likeness (QED) is 0.654. The van der Waals surface area contributed by atoms with E-state index in [1.165, 1.54) is 12.1 Å². The molecule has 0 amide bonds. The number of nitrogens with two attached hydrogens (primary N) is 1. The van der Waals surface area contributed by atoms with E-state index in [-0.39, 0.29) is 11.7 Å². The highest BCUT2D eigenvalue weighted by Crippen LogP contribution is 2.16. The van der Waals surface area contributed by atoms with Crippen molar-refractivity contribution in [2.24, 2.45) is 5.73 Å². The molecule has 98 valence electrons. The monoisotopic (exact) mass is 258 g/mol. The molecule has 3 N–H and O–H groups in total. The third-order valence-electron chi connectivity index (χ3n) is 2.86. The minimum Gasteiger partial charge on any atom is -0.489 e. The van der Waals surface area contributed by atoms with Crippen molar-refractivity contribution in [2.75, 3.05) is 0 Å². The molecule has 0 aliphatic heterocycles. The van der Waals surface area contributed by atoms with E-state index in [9.17, 15) is 4.39 Å². The summed E-state index contributed by atoms with van der Waals surface area (Å²) >= 11 is 0. The summed E-state index contributed by atoms with van der Waals surface area (Å²) < 4.78 is 18.3. The van der Waals surface area contributed by atoms with Gasteiger partial charge in [0.05, 0.1) is 0 Å². The first-order chi connectivity index (χ1) is 9.06. The lowest BCUT2D eigenvalue weighted by atomic mass is 10.1. The van der Waals surface area contributed by atoms with Crippen molar-refractivity contribution in [1.29, 1.82) is 5.41 Å². The summed E-state index contributed by atoms with van der Waals surface area (Å²) in [4.78, 5) is 0. The van der Waals surface area contributed by atoms with Crippen LogP contribution in [0.4, 0.5) is 4.39 Å². The van der Waals surface area contributed by atoms with Gasteiger partial charge in [-0.25, -0.2) is 4.39 Å². The molecule has 2 aromatic carbocycles. The topological polar surface area (TPSA) is 59.1 Å². The van der Waals surface area contributed by atoms with Crippen LogP contribution in [0.3, 0.4) is 0 Å². The molecule has 3 nitrogen and oxygen atoms in total. The molecule has 0 heterocycles. The van der Waals surface area contributed by atoms with E-state index in [2.05, 4.69) is 0 Å². The number of hydrogen-bond acceptors (Lipinski definition) is 2. The van der Waals surface area contributed by atoms with Gasteiger partial charge in [0.25, 0.3) is 0 Å². The molecular formula is C15H15FN2O. The Hall–Kier alpha value is -2.36. The molecule has 4 heteroatoms. The van der Waals surface area contributed by atoms with Crippen LogP contribution in [-0.2, 0) is 6.61 Å². The SMILES string of the molecule is Cc1cc(C(=N)N)ccc1COc1ccc(F)cc1. The highest BCUT2D eigenvalue weighted by atomic mass is 19.1. The number of nitrogens with one attached hydrogen (secondary N) is 1. The fraction of sp³-hybridized carbons (Fsp3) is 0.133. The van der Waals surface area contributed by atoms with Gasteiger partial charge < -0.3 is 10.5 Å². The molecule has 0 aromatic heterocycles. The minimum absolute atomic E-state index is 0.0501. The summed E-state index contributed by atoms with van der Waals surface area (Å²) in [5.74, 6) is 0.389. The van der Waals surface area contributed by atoms with Crippen LogP contribution in [0.5, 0.6) is 5.75 Å². The molecule has 0 aliphatic rings. The zero-order chi connectivity index (χ0) is 13.8. The van der Waals surface area contributed by atoms with E-state index in [0.717, 1.165) is 11.1 Å². The van der Waals surface area contributed by atoms with Gasteiger partial charge in [0.1, 0.15) is 24.0 Å². The Morgan fingerprint density at radius 2 is 1.89 bits per heavy atom. The fourth-order valence-electron chi connectivity index (χ4n) is 1.72. The summed E-state index contributed by atoms with van der Waals surface area (Å²) in [5, 5.41) is 7.37. The number of nitrogen functional groups attached to an aromatic ring is 1. The van der Waals surface area contributed by atoms with Crippen LogP contribution in [0, 0.1) is 18.2 Å². The van der Waals surface area contributed by atoms with Gasteiger partial charge in [-0.2, -0.15) is 0 Å². The number of ether oxygens (including phenoxy) is 1. The zero-order valence-electron chi connectivity index (χ0n) is 10.6. The predicted octanol–water partition coefficient (Wildman–Crippen LogP) is 3.00. The van der Waals surface area contributed by atoms with Crippen LogP contribution in [0.15, 0.2) is 42.5 Å². The lowest BCUT2D eigenvalue weighted by molar-refractivity contribution is 0.305. The number of hydrogen-bond donors (Lipinski definition) is 2. The molecule has 0 bridgehead atoms. The van der Waals surface area contributed by atoms with Gasteiger partial charge in [0.2, 0.25) is 0 Å². The van der Waals surface area contributed by atoms with E-state index in [1.54, 1.807) is 18.2 Å². The first-order valence-corrected chi connectivity index (χ1v) is 5.88. The largest absolute Gasteiger partial charge is 0.489 e. The van der Waals surface area contributed by atoms with E-state index in [4.69, 9.17) is 15.9 Å². The molecule has 0 spiro atoms. The average Bonchev–Trinajstić information content (AvgIpc) is 2.39. The number of halogens is 1. The average molecular weight is 258 g/mol. The summed E-state index contributed by atoms with van der Waals surface area (Å²) in [6.07, 6.45) is 0. The van der Waals surface area contributed by atoms with Gasteiger partial charge in [-0.05, 0) is 48.4 Å². The maximum Gasteiger partial charge on any atom is 0.123 e. The van der Waals surface area contributed by atoms with Crippen molar-refractivity contribution in [2.45, 2.75) is 13.5 Å². The molecule has 2 aromatic rings. The van der Waals surface area contributed by atoms with Crippen LogP contribution in [0.1, 0.15) is 16.7 Å². The lowest BCUT2D eigenvalue weighted by Crippen LogP contribution is -2.11. The third kappa shape index (κ3) is 3.31. The predicted molar refractivity (Wildman–Crippen MR) is 72.9 cm³/mol. The second-order valence-electron chi connectivity index (χ2n) is 4.30. The first-order valence-electron chi connectivity index (χ1n) is 5.88. The first kappa shape index (κ1) is 13.1. The minimum atomic E-state index is -0.283. The zero-order valence-corrected chi connectivity index (χ0v) is 10.6. The summed E-state index contributed by atoms with van der Waals surface area (Å²) in [6, 6.07) is 11.4. The highest BCUT2D eigenvalue weighted by Gasteiger charge is 2.03. The van der Waals surface area contributed by atoms with Crippen LogP contribution < -0.4 is 10.5 Å². The molecule has 0 aliphatic carbocycles. The van der Waals surface area contributed by atoms with Gasteiger partial charge in [-0.3, -0.25) is 5.41 Å². The molecule has 0 unspecified atom stereocenters. The van der Waals surface area contributed by atoms with Crippen molar-refractivity contribution in [3.05, 3.63) is 65.0 Å². The Bertz CT molecular complexity index is 594. The van der Waals surface area contributed by atoms with Crippen LogP contribution >= 0.6 is 0 Å². The van der Waals surface area contributed by atoms with Crippen LogP contribution in [0.2, 0.25) is 0 Å². The second-order valence-corrected chi connectivity index (χ2v) is 4.30. The third-order valence-corrected chi connectivity index (χ3v) is 2.86. The second kappa shape index (κ2) is 5.52. The summed E-state index contributed by atoms with van der Waals surface area (Å²) in [7, 11) is 0. The maximum absolute atomic E-state index is 12.7. The van der Waals surface area contributed by atoms with Crippen molar-refractivity contribution in [3.8, 4) is 5.75 Å². The molecule has 0 atom stereocenters. The Kier molecular flexibility index (Phi) is 3.80. The van der Waals surface area contributed by atoms with Crippen molar-refractivity contribution < 1.29 is 9.13 Å². The van der Waals surface area contributed by atoms with Crippen molar-refractivity contribution in [1.82, 2.24) is 0 Å².